The van der Waals surface area contributed by atoms with Crippen molar-refractivity contribution in [1.29, 1.82) is 0 Å². The van der Waals surface area contributed by atoms with Crippen molar-refractivity contribution < 1.29 is 4.79 Å². The van der Waals surface area contributed by atoms with Crippen LogP contribution < -0.4 is 5.32 Å². The normalized spacial score (nSPS) is 16.6. The average molecular weight is 392 g/mol. The van der Waals surface area contributed by atoms with Crippen LogP contribution in [0.5, 0.6) is 0 Å². The molecule has 0 bridgehead atoms. The minimum absolute atomic E-state index is 0.000569. The molecule has 1 aliphatic carbocycles. The van der Waals surface area contributed by atoms with Crippen molar-refractivity contribution in [2.24, 2.45) is 5.92 Å². The Balaban J connectivity index is 1.95. The second-order valence-corrected chi connectivity index (χ2v) is 10.7. The molecule has 3 rings (SSSR count). The fraction of sp³-hybridized carbons (Fsp3) is 0.519. The third-order valence-corrected chi connectivity index (χ3v) is 6.24. The number of carbonyl (C=O) groups excluding carboxylic acids is 1. The summed E-state index contributed by atoms with van der Waals surface area (Å²) in [6.07, 6.45) is 4.90. The molecule has 0 saturated heterocycles. The summed E-state index contributed by atoms with van der Waals surface area (Å²) in [5, 5.41) is 3.41. The molecule has 0 heterocycles. The first-order valence-corrected chi connectivity index (χ1v) is 11.1. The molecule has 0 aliphatic heterocycles. The molecule has 1 amide bonds. The van der Waals surface area contributed by atoms with E-state index in [1.165, 1.54) is 42.4 Å². The van der Waals surface area contributed by atoms with Crippen molar-refractivity contribution in [2.75, 3.05) is 0 Å². The largest absolute Gasteiger partial charge is 0.345 e. The van der Waals surface area contributed by atoms with Gasteiger partial charge in [-0.25, -0.2) is 0 Å². The van der Waals surface area contributed by atoms with Crippen LogP contribution in [0.1, 0.15) is 100 Å². The second-order valence-electron chi connectivity index (χ2n) is 10.7. The summed E-state index contributed by atoms with van der Waals surface area (Å²) < 4.78 is 0. The highest BCUT2D eigenvalue weighted by Crippen LogP contribution is 2.36. The fourth-order valence-corrected chi connectivity index (χ4v) is 4.27. The highest BCUT2D eigenvalue weighted by Gasteiger charge is 2.29. The Labute approximate surface area is 177 Å². The number of benzene rings is 2. The summed E-state index contributed by atoms with van der Waals surface area (Å²) in [6, 6.07) is 17.0. The van der Waals surface area contributed by atoms with Gasteiger partial charge in [0.25, 0.3) is 5.91 Å². The molecule has 2 aromatic carbocycles. The Morgan fingerprint density at radius 1 is 0.862 bits per heavy atom. The Bertz CT molecular complexity index is 801. The number of carbonyl (C=O) groups is 1. The van der Waals surface area contributed by atoms with Gasteiger partial charge in [-0.1, -0.05) is 90.8 Å². The molecule has 1 atom stereocenters. The standard InChI is InChI=1S/C27H37NO/c1-26(2,3)22-16-21(17-23(18-22)27(4,5)6)25(29)28-24(20-14-10-11-15-20)19-12-8-7-9-13-19/h7-9,12-13,16-18,20,24H,10-11,14-15H2,1-6H3,(H,28,29)/t24-/m0/s1. The van der Waals surface area contributed by atoms with Gasteiger partial charge in [-0.15, -0.1) is 0 Å². The monoisotopic (exact) mass is 391 g/mol. The quantitative estimate of drug-likeness (QED) is 0.600. The van der Waals surface area contributed by atoms with Crippen molar-refractivity contribution in [3.63, 3.8) is 0 Å². The van der Waals surface area contributed by atoms with Gasteiger partial charge in [-0.2, -0.15) is 0 Å². The van der Waals surface area contributed by atoms with Crippen LogP contribution in [0.2, 0.25) is 0 Å². The molecule has 1 fully saturated rings. The van der Waals surface area contributed by atoms with Gasteiger partial charge in [-0.05, 0) is 58.4 Å². The van der Waals surface area contributed by atoms with E-state index in [2.05, 4.69) is 89.3 Å². The van der Waals surface area contributed by atoms with Gasteiger partial charge in [0.1, 0.15) is 0 Å². The lowest BCUT2D eigenvalue weighted by atomic mass is 9.79. The number of hydrogen-bond acceptors (Lipinski definition) is 1. The molecule has 2 nitrogen and oxygen atoms in total. The highest BCUT2D eigenvalue weighted by atomic mass is 16.1. The predicted molar refractivity (Wildman–Crippen MR) is 122 cm³/mol. The molecule has 156 valence electrons. The number of nitrogens with one attached hydrogen (secondary N) is 1. The smallest absolute Gasteiger partial charge is 0.251 e. The molecule has 1 saturated carbocycles. The van der Waals surface area contributed by atoms with E-state index in [4.69, 9.17) is 0 Å². The zero-order valence-corrected chi connectivity index (χ0v) is 19.0. The molecule has 0 radical (unpaired) electrons. The molecule has 0 unspecified atom stereocenters. The Morgan fingerprint density at radius 2 is 1.38 bits per heavy atom. The highest BCUT2D eigenvalue weighted by molar-refractivity contribution is 5.95. The van der Waals surface area contributed by atoms with Crippen LogP contribution in [0, 0.1) is 5.92 Å². The number of amides is 1. The van der Waals surface area contributed by atoms with E-state index in [1.54, 1.807) is 0 Å². The summed E-state index contributed by atoms with van der Waals surface area (Å²) in [4.78, 5) is 13.4. The van der Waals surface area contributed by atoms with Crippen LogP contribution >= 0.6 is 0 Å². The molecule has 0 spiro atoms. The van der Waals surface area contributed by atoms with Crippen molar-refractivity contribution in [1.82, 2.24) is 5.32 Å². The van der Waals surface area contributed by atoms with E-state index in [0.717, 1.165) is 5.56 Å². The lowest BCUT2D eigenvalue weighted by Crippen LogP contribution is -2.33. The molecule has 1 aliphatic rings. The molecule has 1 N–H and O–H groups in total. The van der Waals surface area contributed by atoms with Crippen molar-refractivity contribution in [2.45, 2.75) is 84.1 Å². The molecule has 2 aromatic rings. The summed E-state index contributed by atoms with van der Waals surface area (Å²) >= 11 is 0. The molecular weight excluding hydrogens is 354 g/mol. The first-order chi connectivity index (χ1) is 13.6. The van der Waals surface area contributed by atoms with Gasteiger partial charge in [-0.3, -0.25) is 4.79 Å². The van der Waals surface area contributed by atoms with E-state index < -0.39 is 0 Å². The summed E-state index contributed by atoms with van der Waals surface area (Å²) in [7, 11) is 0. The van der Waals surface area contributed by atoms with Crippen LogP contribution in [0.15, 0.2) is 48.5 Å². The van der Waals surface area contributed by atoms with E-state index in [1.807, 2.05) is 6.07 Å². The lowest BCUT2D eigenvalue weighted by molar-refractivity contribution is 0.0921. The van der Waals surface area contributed by atoms with Gasteiger partial charge in [0.2, 0.25) is 0 Å². The maximum Gasteiger partial charge on any atom is 0.251 e. The Morgan fingerprint density at radius 3 is 1.86 bits per heavy atom. The lowest BCUT2D eigenvalue weighted by Gasteiger charge is -2.28. The van der Waals surface area contributed by atoms with E-state index >= 15 is 0 Å². The zero-order valence-electron chi connectivity index (χ0n) is 19.0. The van der Waals surface area contributed by atoms with Crippen LogP contribution in [0.4, 0.5) is 0 Å². The molecule has 29 heavy (non-hydrogen) atoms. The third kappa shape index (κ3) is 5.29. The molecular formula is C27H37NO. The van der Waals surface area contributed by atoms with Gasteiger partial charge in [0.15, 0.2) is 0 Å². The Hall–Kier alpha value is -2.09. The van der Waals surface area contributed by atoms with Gasteiger partial charge < -0.3 is 5.32 Å². The van der Waals surface area contributed by atoms with E-state index in [9.17, 15) is 4.79 Å². The summed E-state index contributed by atoms with van der Waals surface area (Å²) in [5.41, 5.74) is 4.43. The molecule has 0 aromatic heterocycles. The first-order valence-electron chi connectivity index (χ1n) is 11.1. The minimum atomic E-state index is 0.000569. The Kier molecular flexibility index (Phi) is 6.22. The van der Waals surface area contributed by atoms with Gasteiger partial charge >= 0.3 is 0 Å². The maximum absolute atomic E-state index is 13.4. The minimum Gasteiger partial charge on any atom is -0.345 e. The van der Waals surface area contributed by atoms with Gasteiger partial charge in [0, 0.05) is 5.56 Å². The summed E-state index contributed by atoms with van der Waals surface area (Å²) in [5.74, 6) is 0.566. The maximum atomic E-state index is 13.4. The second kappa shape index (κ2) is 8.34. The van der Waals surface area contributed by atoms with Crippen molar-refractivity contribution >= 4 is 5.91 Å². The third-order valence-electron chi connectivity index (χ3n) is 6.24. The SMILES string of the molecule is CC(C)(C)c1cc(C(=O)N[C@@H](c2ccccc2)C2CCCC2)cc(C(C)(C)C)c1. The molecule has 2 heteroatoms. The zero-order chi connectivity index (χ0) is 21.2. The topological polar surface area (TPSA) is 29.1 Å². The van der Waals surface area contributed by atoms with Crippen molar-refractivity contribution in [3.8, 4) is 0 Å². The van der Waals surface area contributed by atoms with Crippen LogP contribution in [-0.4, -0.2) is 5.91 Å². The van der Waals surface area contributed by atoms with Crippen LogP contribution in [0.25, 0.3) is 0 Å². The van der Waals surface area contributed by atoms with Crippen molar-refractivity contribution in [3.05, 3.63) is 70.8 Å². The fourth-order valence-electron chi connectivity index (χ4n) is 4.27. The van der Waals surface area contributed by atoms with E-state index in [-0.39, 0.29) is 22.8 Å². The average Bonchev–Trinajstić information content (AvgIpc) is 3.19. The van der Waals surface area contributed by atoms with Crippen LogP contribution in [-0.2, 0) is 10.8 Å². The summed E-state index contributed by atoms with van der Waals surface area (Å²) in [6.45, 7) is 13.3. The predicted octanol–water partition coefficient (Wildman–Crippen LogP) is 6.94. The number of rotatable bonds is 4. The van der Waals surface area contributed by atoms with E-state index in [0.29, 0.717) is 5.92 Å². The van der Waals surface area contributed by atoms with Crippen LogP contribution in [0.3, 0.4) is 0 Å². The number of hydrogen-bond donors (Lipinski definition) is 1. The van der Waals surface area contributed by atoms with Gasteiger partial charge in [0.05, 0.1) is 6.04 Å². The first kappa shape index (κ1) is 21.6.